The summed E-state index contributed by atoms with van der Waals surface area (Å²) in [4.78, 5) is 2.53. The molecule has 1 aromatic heterocycles. The van der Waals surface area contributed by atoms with E-state index in [0.717, 1.165) is 11.5 Å². The molecule has 1 aromatic rings. The highest BCUT2D eigenvalue weighted by Gasteiger charge is 2.38. The fraction of sp³-hybridized carbons (Fsp3) is 0.750. The fourth-order valence-electron chi connectivity index (χ4n) is 4.01. The number of rotatable bonds is 3. The molecule has 2 heterocycles. The molecule has 1 atom stereocenters. The first-order valence-corrected chi connectivity index (χ1v) is 7.73. The van der Waals surface area contributed by atoms with Crippen LogP contribution in [0.25, 0.3) is 0 Å². The van der Waals surface area contributed by atoms with Gasteiger partial charge in [-0.15, -0.1) is 0 Å². The van der Waals surface area contributed by atoms with E-state index in [-0.39, 0.29) is 6.04 Å². The maximum atomic E-state index is 5.99. The third-order valence-electron chi connectivity index (χ3n) is 5.28. The van der Waals surface area contributed by atoms with Crippen LogP contribution in [0.1, 0.15) is 56.1 Å². The van der Waals surface area contributed by atoms with Gasteiger partial charge >= 0.3 is 0 Å². The molecule has 1 spiro atoms. The number of likely N-dealkylation sites (tertiary alicyclic amines) is 1. The highest BCUT2D eigenvalue weighted by atomic mass is 16.3. The number of hydrogen-bond donors (Lipinski definition) is 1. The Hall–Kier alpha value is -0.800. The molecule has 106 valence electrons. The number of nitrogens with two attached hydrogens (primary N) is 1. The zero-order valence-electron chi connectivity index (χ0n) is 12.0. The van der Waals surface area contributed by atoms with E-state index >= 15 is 0 Å². The van der Waals surface area contributed by atoms with Crippen molar-refractivity contribution in [2.75, 3.05) is 19.6 Å². The molecule has 1 saturated carbocycles. The SMILES string of the molecule is Cc1ccc(C(CN)N2CCC3(CCCC3)CC2)o1. The Morgan fingerprint density at radius 3 is 2.42 bits per heavy atom. The van der Waals surface area contributed by atoms with Crippen molar-refractivity contribution in [2.45, 2.75) is 51.5 Å². The number of hydrogen-bond acceptors (Lipinski definition) is 3. The van der Waals surface area contributed by atoms with Crippen LogP contribution in [0.2, 0.25) is 0 Å². The molecule has 1 saturated heterocycles. The first-order chi connectivity index (χ1) is 9.22. The molecule has 1 aliphatic heterocycles. The van der Waals surface area contributed by atoms with Gasteiger partial charge in [-0.3, -0.25) is 4.90 Å². The normalized spacial score (nSPS) is 24.9. The topological polar surface area (TPSA) is 42.4 Å². The van der Waals surface area contributed by atoms with E-state index in [1.165, 1.54) is 51.6 Å². The summed E-state index contributed by atoms with van der Waals surface area (Å²) in [5, 5.41) is 0. The van der Waals surface area contributed by atoms with Crippen LogP contribution in [0.5, 0.6) is 0 Å². The molecular weight excluding hydrogens is 236 g/mol. The van der Waals surface area contributed by atoms with Crippen LogP contribution >= 0.6 is 0 Å². The lowest BCUT2D eigenvalue weighted by atomic mass is 9.77. The molecule has 0 radical (unpaired) electrons. The van der Waals surface area contributed by atoms with Gasteiger partial charge in [0.25, 0.3) is 0 Å². The van der Waals surface area contributed by atoms with Crippen molar-refractivity contribution in [1.82, 2.24) is 4.90 Å². The number of nitrogens with zero attached hydrogens (tertiary/aromatic N) is 1. The summed E-state index contributed by atoms with van der Waals surface area (Å²) in [6, 6.07) is 4.40. The van der Waals surface area contributed by atoms with Crippen molar-refractivity contribution < 1.29 is 4.42 Å². The standard InChI is InChI=1S/C16H26N2O/c1-13-4-5-15(19-13)14(12-17)18-10-8-16(9-11-18)6-2-3-7-16/h4-5,14H,2-3,6-12,17H2,1H3. The van der Waals surface area contributed by atoms with Gasteiger partial charge in [0.15, 0.2) is 0 Å². The first-order valence-electron chi connectivity index (χ1n) is 7.73. The van der Waals surface area contributed by atoms with Crippen LogP contribution < -0.4 is 5.73 Å². The van der Waals surface area contributed by atoms with Gasteiger partial charge in [0.2, 0.25) is 0 Å². The van der Waals surface area contributed by atoms with E-state index in [0.29, 0.717) is 12.0 Å². The molecule has 2 aliphatic rings. The molecule has 1 aliphatic carbocycles. The minimum absolute atomic E-state index is 0.271. The Labute approximate surface area is 116 Å². The minimum Gasteiger partial charge on any atom is -0.465 e. The van der Waals surface area contributed by atoms with E-state index in [1.54, 1.807) is 0 Å². The lowest BCUT2D eigenvalue weighted by molar-refractivity contribution is 0.0700. The van der Waals surface area contributed by atoms with Crippen molar-refractivity contribution in [1.29, 1.82) is 0 Å². The van der Waals surface area contributed by atoms with E-state index in [2.05, 4.69) is 11.0 Å². The maximum absolute atomic E-state index is 5.99. The molecule has 1 unspecified atom stereocenters. The van der Waals surface area contributed by atoms with Crippen molar-refractivity contribution in [3.05, 3.63) is 23.7 Å². The summed E-state index contributed by atoms with van der Waals surface area (Å²) >= 11 is 0. The smallest absolute Gasteiger partial charge is 0.122 e. The van der Waals surface area contributed by atoms with Gasteiger partial charge < -0.3 is 10.2 Å². The van der Waals surface area contributed by atoms with Crippen molar-refractivity contribution in [2.24, 2.45) is 11.1 Å². The zero-order valence-corrected chi connectivity index (χ0v) is 12.0. The summed E-state index contributed by atoms with van der Waals surface area (Å²) in [5.41, 5.74) is 6.66. The van der Waals surface area contributed by atoms with Crippen molar-refractivity contribution in [3.8, 4) is 0 Å². The Bertz CT molecular complexity index is 410. The number of piperidine rings is 1. The number of aryl methyl sites for hydroxylation is 1. The first kappa shape index (κ1) is 13.2. The second-order valence-electron chi connectivity index (χ2n) is 6.44. The van der Waals surface area contributed by atoms with Gasteiger partial charge in [0, 0.05) is 6.54 Å². The molecular formula is C16H26N2O. The molecule has 3 rings (SSSR count). The highest BCUT2D eigenvalue weighted by Crippen LogP contribution is 2.47. The maximum Gasteiger partial charge on any atom is 0.122 e. The predicted molar refractivity (Wildman–Crippen MR) is 76.9 cm³/mol. The third-order valence-corrected chi connectivity index (χ3v) is 5.28. The quantitative estimate of drug-likeness (QED) is 0.909. The lowest BCUT2D eigenvalue weighted by Gasteiger charge is -2.42. The van der Waals surface area contributed by atoms with Crippen LogP contribution in [0.4, 0.5) is 0 Å². The Morgan fingerprint density at radius 2 is 1.89 bits per heavy atom. The van der Waals surface area contributed by atoms with Crippen LogP contribution in [0.3, 0.4) is 0 Å². The average Bonchev–Trinajstić information content (AvgIpc) is 3.03. The summed E-state index contributed by atoms with van der Waals surface area (Å²) in [6.45, 7) is 5.02. The molecule has 19 heavy (non-hydrogen) atoms. The summed E-state index contributed by atoms with van der Waals surface area (Å²) < 4.78 is 5.79. The minimum atomic E-state index is 0.271. The average molecular weight is 262 g/mol. The van der Waals surface area contributed by atoms with Crippen molar-refractivity contribution in [3.63, 3.8) is 0 Å². The largest absolute Gasteiger partial charge is 0.465 e. The van der Waals surface area contributed by atoms with E-state index in [9.17, 15) is 0 Å². The van der Waals surface area contributed by atoms with E-state index in [4.69, 9.17) is 10.2 Å². The second-order valence-corrected chi connectivity index (χ2v) is 6.44. The number of furan rings is 1. The lowest BCUT2D eigenvalue weighted by Crippen LogP contribution is -2.43. The summed E-state index contributed by atoms with van der Waals surface area (Å²) in [5.74, 6) is 2.03. The van der Waals surface area contributed by atoms with Crippen LogP contribution in [-0.2, 0) is 0 Å². The fourth-order valence-corrected chi connectivity index (χ4v) is 4.01. The van der Waals surface area contributed by atoms with E-state index < -0.39 is 0 Å². The van der Waals surface area contributed by atoms with Gasteiger partial charge in [0.05, 0.1) is 6.04 Å². The Kier molecular flexibility index (Phi) is 3.68. The van der Waals surface area contributed by atoms with Gasteiger partial charge in [-0.1, -0.05) is 12.8 Å². The van der Waals surface area contributed by atoms with Gasteiger partial charge in [0.1, 0.15) is 11.5 Å². The summed E-state index contributed by atoms with van der Waals surface area (Å²) in [7, 11) is 0. The van der Waals surface area contributed by atoms with Gasteiger partial charge in [-0.25, -0.2) is 0 Å². The van der Waals surface area contributed by atoms with Crippen LogP contribution in [0, 0.1) is 12.3 Å². The monoisotopic (exact) mass is 262 g/mol. The molecule has 3 heteroatoms. The van der Waals surface area contributed by atoms with Crippen LogP contribution in [0.15, 0.2) is 16.5 Å². The molecule has 3 nitrogen and oxygen atoms in total. The Morgan fingerprint density at radius 1 is 1.21 bits per heavy atom. The van der Waals surface area contributed by atoms with Gasteiger partial charge in [-0.2, -0.15) is 0 Å². The molecule has 0 bridgehead atoms. The zero-order chi connectivity index (χ0) is 13.3. The highest BCUT2D eigenvalue weighted by molar-refractivity contribution is 5.11. The second kappa shape index (κ2) is 5.29. The molecule has 0 amide bonds. The molecule has 2 N–H and O–H groups in total. The summed E-state index contributed by atoms with van der Waals surface area (Å²) in [6.07, 6.45) is 8.49. The van der Waals surface area contributed by atoms with Crippen LogP contribution in [-0.4, -0.2) is 24.5 Å². The van der Waals surface area contributed by atoms with E-state index in [1.807, 2.05) is 13.0 Å². The molecule has 2 fully saturated rings. The van der Waals surface area contributed by atoms with Gasteiger partial charge in [-0.05, 0) is 63.2 Å². The van der Waals surface area contributed by atoms with Crippen molar-refractivity contribution >= 4 is 0 Å². The third kappa shape index (κ3) is 2.59. The molecule has 0 aromatic carbocycles. The predicted octanol–water partition coefficient (Wildman–Crippen LogP) is 3.24. The Balaban J connectivity index is 1.66.